The Balaban J connectivity index is 1.57. The number of rotatable bonds is 8. The van der Waals surface area contributed by atoms with Gasteiger partial charge in [-0.15, -0.1) is 11.3 Å². The zero-order chi connectivity index (χ0) is 20.6. The molecule has 0 bridgehead atoms. The number of aryl methyl sites for hydroxylation is 1. The van der Waals surface area contributed by atoms with Crippen LogP contribution in [-0.2, 0) is 27.4 Å². The first-order chi connectivity index (χ1) is 14.0. The molecular weight excluding hydrogens is 388 g/mol. The number of carbonyl (C=O) groups is 2. The molecule has 0 aliphatic heterocycles. The molecule has 1 amide bonds. The van der Waals surface area contributed by atoms with E-state index in [1.54, 1.807) is 24.3 Å². The highest BCUT2D eigenvalue weighted by molar-refractivity contribution is 7.09. The largest absolute Gasteiger partial charge is 0.486 e. The summed E-state index contributed by atoms with van der Waals surface area (Å²) in [6.07, 6.45) is 0.0708. The van der Waals surface area contributed by atoms with Crippen molar-refractivity contribution in [1.82, 2.24) is 10.3 Å². The van der Waals surface area contributed by atoms with Crippen LogP contribution in [0, 0.1) is 6.92 Å². The minimum absolute atomic E-state index is 0.0708. The lowest BCUT2D eigenvalue weighted by Crippen LogP contribution is -2.35. The molecule has 6 nitrogen and oxygen atoms in total. The summed E-state index contributed by atoms with van der Waals surface area (Å²) in [5.74, 6) is -0.0514. The van der Waals surface area contributed by atoms with E-state index in [0.29, 0.717) is 17.9 Å². The monoisotopic (exact) mass is 410 g/mol. The number of benzene rings is 2. The van der Waals surface area contributed by atoms with E-state index in [0.717, 1.165) is 10.8 Å². The van der Waals surface area contributed by atoms with Gasteiger partial charge in [0.25, 0.3) is 0 Å². The third kappa shape index (κ3) is 5.89. The van der Waals surface area contributed by atoms with E-state index in [-0.39, 0.29) is 12.3 Å². The summed E-state index contributed by atoms with van der Waals surface area (Å²) in [4.78, 5) is 29.0. The number of thiazole rings is 1. The first kappa shape index (κ1) is 20.5. The maximum atomic E-state index is 12.5. The standard InChI is InChI=1S/C22H22N2O4S/c1-15-8-10-18(11-9-15)28-13-20-23-17(14-29-20)12-19(25)24-21(22(26)27-2)16-6-4-3-5-7-16/h3-11,14,21H,12-13H2,1-2H3,(H,24,25). The Morgan fingerprint density at radius 2 is 1.83 bits per heavy atom. The Labute approximate surface area is 173 Å². The molecule has 2 aromatic carbocycles. The average molecular weight is 410 g/mol. The van der Waals surface area contributed by atoms with Crippen molar-refractivity contribution in [2.24, 2.45) is 0 Å². The van der Waals surface area contributed by atoms with Crippen molar-refractivity contribution < 1.29 is 19.1 Å². The molecule has 29 heavy (non-hydrogen) atoms. The van der Waals surface area contributed by atoms with Crippen LogP contribution in [0.5, 0.6) is 5.75 Å². The third-order valence-electron chi connectivity index (χ3n) is 4.20. The molecule has 0 saturated heterocycles. The molecule has 1 unspecified atom stereocenters. The predicted molar refractivity (Wildman–Crippen MR) is 111 cm³/mol. The third-order valence-corrected chi connectivity index (χ3v) is 5.07. The molecule has 1 atom stereocenters. The Kier molecular flexibility index (Phi) is 6.97. The van der Waals surface area contributed by atoms with Crippen LogP contribution in [-0.4, -0.2) is 24.0 Å². The van der Waals surface area contributed by atoms with E-state index in [9.17, 15) is 9.59 Å². The van der Waals surface area contributed by atoms with E-state index in [1.807, 2.05) is 42.6 Å². The lowest BCUT2D eigenvalue weighted by Gasteiger charge is -2.16. The molecular formula is C22H22N2O4S. The smallest absolute Gasteiger partial charge is 0.333 e. The highest BCUT2D eigenvalue weighted by atomic mass is 32.1. The van der Waals surface area contributed by atoms with Crippen LogP contribution in [0.4, 0.5) is 0 Å². The van der Waals surface area contributed by atoms with Gasteiger partial charge in [0, 0.05) is 5.38 Å². The molecule has 150 valence electrons. The predicted octanol–water partition coefficient (Wildman–Crippen LogP) is 3.60. The van der Waals surface area contributed by atoms with E-state index in [4.69, 9.17) is 9.47 Å². The molecule has 1 aromatic heterocycles. The quantitative estimate of drug-likeness (QED) is 0.574. The zero-order valence-corrected chi connectivity index (χ0v) is 17.1. The van der Waals surface area contributed by atoms with Gasteiger partial charge >= 0.3 is 5.97 Å². The van der Waals surface area contributed by atoms with E-state index < -0.39 is 12.0 Å². The van der Waals surface area contributed by atoms with Crippen molar-refractivity contribution in [1.29, 1.82) is 0 Å². The summed E-state index contributed by atoms with van der Waals surface area (Å²) in [5, 5.41) is 5.33. The molecule has 0 aliphatic carbocycles. The molecule has 7 heteroatoms. The van der Waals surface area contributed by atoms with Gasteiger partial charge < -0.3 is 14.8 Å². The van der Waals surface area contributed by atoms with E-state index in [1.165, 1.54) is 24.0 Å². The van der Waals surface area contributed by atoms with E-state index >= 15 is 0 Å². The number of nitrogens with zero attached hydrogens (tertiary/aromatic N) is 1. The van der Waals surface area contributed by atoms with Gasteiger partial charge in [-0.05, 0) is 24.6 Å². The Bertz CT molecular complexity index is 954. The highest BCUT2D eigenvalue weighted by Gasteiger charge is 2.23. The van der Waals surface area contributed by atoms with Crippen LogP contribution in [0.2, 0.25) is 0 Å². The number of carbonyl (C=O) groups excluding carboxylic acids is 2. The number of amides is 1. The molecule has 0 spiro atoms. The van der Waals surface area contributed by atoms with Crippen LogP contribution in [0.3, 0.4) is 0 Å². The number of hydrogen-bond acceptors (Lipinski definition) is 6. The second-order valence-corrected chi connectivity index (χ2v) is 7.39. The second-order valence-electron chi connectivity index (χ2n) is 6.45. The van der Waals surface area contributed by atoms with Crippen molar-refractivity contribution in [3.8, 4) is 5.75 Å². The van der Waals surface area contributed by atoms with Crippen molar-refractivity contribution >= 4 is 23.2 Å². The van der Waals surface area contributed by atoms with Gasteiger partial charge in [0.05, 0.1) is 19.2 Å². The van der Waals surface area contributed by atoms with Gasteiger partial charge in [0.15, 0.2) is 6.04 Å². The number of nitrogens with one attached hydrogen (secondary N) is 1. The Morgan fingerprint density at radius 3 is 2.52 bits per heavy atom. The van der Waals surface area contributed by atoms with Crippen LogP contribution >= 0.6 is 11.3 Å². The second kappa shape index (κ2) is 9.84. The lowest BCUT2D eigenvalue weighted by molar-refractivity contribution is -0.145. The normalized spacial score (nSPS) is 11.5. The number of esters is 1. The average Bonchev–Trinajstić information content (AvgIpc) is 3.19. The van der Waals surface area contributed by atoms with Gasteiger partial charge in [-0.1, -0.05) is 48.0 Å². The number of hydrogen-bond donors (Lipinski definition) is 1. The van der Waals surface area contributed by atoms with Gasteiger partial charge in [-0.25, -0.2) is 9.78 Å². The minimum Gasteiger partial charge on any atom is -0.486 e. The van der Waals surface area contributed by atoms with Crippen molar-refractivity contribution in [2.45, 2.75) is 26.0 Å². The molecule has 0 radical (unpaired) electrons. The van der Waals surface area contributed by atoms with Crippen molar-refractivity contribution in [3.63, 3.8) is 0 Å². The summed E-state index contributed by atoms with van der Waals surface area (Å²) in [6.45, 7) is 2.36. The maximum Gasteiger partial charge on any atom is 0.333 e. The molecule has 0 fully saturated rings. The zero-order valence-electron chi connectivity index (χ0n) is 16.3. The van der Waals surface area contributed by atoms with Gasteiger partial charge in [0.2, 0.25) is 5.91 Å². The molecule has 3 aromatic rings. The number of aromatic nitrogens is 1. The minimum atomic E-state index is -0.850. The lowest BCUT2D eigenvalue weighted by atomic mass is 10.1. The molecule has 1 heterocycles. The maximum absolute atomic E-state index is 12.5. The molecule has 1 N–H and O–H groups in total. The summed E-state index contributed by atoms with van der Waals surface area (Å²) in [6, 6.07) is 15.9. The van der Waals surface area contributed by atoms with Crippen LogP contribution < -0.4 is 10.1 Å². The van der Waals surface area contributed by atoms with Gasteiger partial charge in [-0.2, -0.15) is 0 Å². The number of methoxy groups -OCH3 is 1. The fourth-order valence-electron chi connectivity index (χ4n) is 2.69. The van der Waals surface area contributed by atoms with Crippen LogP contribution in [0.1, 0.15) is 27.9 Å². The van der Waals surface area contributed by atoms with Crippen LogP contribution in [0.15, 0.2) is 60.0 Å². The van der Waals surface area contributed by atoms with Crippen molar-refractivity contribution in [2.75, 3.05) is 7.11 Å². The molecule has 3 rings (SSSR count). The fourth-order valence-corrected chi connectivity index (χ4v) is 3.40. The summed E-state index contributed by atoms with van der Waals surface area (Å²) in [7, 11) is 1.30. The molecule has 0 saturated carbocycles. The summed E-state index contributed by atoms with van der Waals surface area (Å²) < 4.78 is 10.5. The van der Waals surface area contributed by atoms with E-state index in [2.05, 4.69) is 10.3 Å². The summed E-state index contributed by atoms with van der Waals surface area (Å²) >= 11 is 1.43. The number of ether oxygens (including phenoxy) is 2. The Morgan fingerprint density at radius 1 is 1.10 bits per heavy atom. The van der Waals surface area contributed by atoms with Gasteiger partial charge in [0.1, 0.15) is 17.4 Å². The first-order valence-corrected chi connectivity index (χ1v) is 9.98. The summed E-state index contributed by atoms with van der Waals surface area (Å²) in [5.41, 5.74) is 2.46. The highest BCUT2D eigenvalue weighted by Crippen LogP contribution is 2.18. The first-order valence-electron chi connectivity index (χ1n) is 9.10. The van der Waals surface area contributed by atoms with Gasteiger partial charge in [-0.3, -0.25) is 4.79 Å². The fraction of sp³-hybridized carbons (Fsp3) is 0.227. The van der Waals surface area contributed by atoms with Crippen LogP contribution in [0.25, 0.3) is 0 Å². The van der Waals surface area contributed by atoms with Crippen molar-refractivity contribution in [3.05, 3.63) is 81.8 Å². The topological polar surface area (TPSA) is 77.5 Å². The SMILES string of the molecule is COC(=O)C(NC(=O)Cc1csc(COc2ccc(C)cc2)n1)c1ccccc1. The molecule has 0 aliphatic rings. The Hall–Kier alpha value is -3.19.